The molecule has 1 fully saturated rings. The van der Waals surface area contributed by atoms with Crippen LogP contribution in [0.5, 0.6) is 0 Å². The number of nitrogens with one attached hydrogen (secondary N) is 2. The van der Waals surface area contributed by atoms with Gasteiger partial charge in [-0.15, -0.1) is 0 Å². The van der Waals surface area contributed by atoms with E-state index >= 15 is 0 Å². The molecule has 7 nitrogen and oxygen atoms in total. The number of nitrogens with zero attached hydrogens (tertiary/aromatic N) is 1. The van der Waals surface area contributed by atoms with Crippen LogP contribution in [-0.2, 0) is 10.0 Å². The maximum absolute atomic E-state index is 11.7. The monoisotopic (exact) mass is 313 g/mol. The van der Waals surface area contributed by atoms with E-state index in [9.17, 15) is 18.5 Å². The molecule has 2 N–H and O–H groups in total. The Morgan fingerprint density at radius 2 is 2.14 bits per heavy atom. The van der Waals surface area contributed by atoms with E-state index in [0.717, 1.165) is 25.3 Å². The van der Waals surface area contributed by atoms with Gasteiger partial charge in [0.1, 0.15) is 5.69 Å². The summed E-state index contributed by atoms with van der Waals surface area (Å²) in [7, 11) is -2.41. The van der Waals surface area contributed by atoms with Crippen LogP contribution in [0.15, 0.2) is 23.1 Å². The van der Waals surface area contributed by atoms with E-state index in [1.165, 1.54) is 19.2 Å². The lowest BCUT2D eigenvalue weighted by atomic mass is 10.2. The van der Waals surface area contributed by atoms with Crippen molar-refractivity contribution in [1.82, 2.24) is 4.72 Å². The fourth-order valence-electron chi connectivity index (χ4n) is 2.38. The molecule has 2 unspecified atom stereocenters. The number of hydrogen-bond donors (Lipinski definition) is 2. The van der Waals surface area contributed by atoms with Gasteiger partial charge in [-0.2, -0.15) is 0 Å². The van der Waals surface area contributed by atoms with Crippen LogP contribution in [0.2, 0.25) is 0 Å². The number of sulfonamides is 1. The maximum atomic E-state index is 11.7. The van der Waals surface area contributed by atoms with Gasteiger partial charge in [-0.05, 0) is 37.9 Å². The molecule has 2 atom stereocenters. The molecule has 21 heavy (non-hydrogen) atoms. The normalized spacial score (nSPS) is 21.0. The lowest BCUT2D eigenvalue weighted by Gasteiger charge is -2.08. The fraction of sp³-hybridized carbons (Fsp3) is 0.538. The molecule has 0 heterocycles. The maximum Gasteiger partial charge on any atom is 0.293 e. The smallest absolute Gasteiger partial charge is 0.293 e. The molecule has 116 valence electrons. The molecule has 1 aliphatic carbocycles. The largest absolute Gasteiger partial charge is 0.376 e. The number of anilines is 1. The molecular formula is C13H19N3O4S. The minimum atomic E-state index is -3.69. The first-order chi connectivity index (χ1) is 9.89. The third-order valence-electron chi connectivity index (χ3n) is 3.67. The second-order valence-corrected chi connectivity index (χ2v) is 7.07. The van der Waals surface area contributed by atoms with E-state index < -0.39 is 14.9 Å². The van der Waals surface area contributed by atoms with E-state index in [1.54, 1.807) is 0 Å². The molecule has 0 saturated heterocycles. The summed E-state index contributed by atoms with van der Waals surface area (Å²) in [6.45, 7) is 2.11. The van der Waals surface area contributed by atoms with Crippen LogP contribution in [-0.4, -0.2) is 26.4 Å². The van der Waals surface area contributed by atoms with Crippen LogP contribution < -0.4 is 10.0 Å². The molecular weight excluding hydrogens is 294 g/mol. The molecule has 0 aliphatic heterocycles. The summed E-state index contributed by atoms with van der Waals surface area (Å²) in [5.74, 6) is 0.551. The fourth-order valence-corrected chi connectivity index (χ4v) is 3.13. The number of benzene rings is 1. The topological polar surface area (TPSA) is 101 Å². The Labute approximate surface area is 123 Å². The van der Waals surface area contributed by atoms with Gasteiger partial charge in [0.25, 0.3) is 5.69 Å². The molecule has 1 saturated carbocycles. The Morgan fingerprint density at radius 1 is 1.43 bits per heavy atom. The Hall–Kier alpha value is -1.67. The van der Waals surface area contributed by atoms with E-state index in [2.05, 4.69) is 17.0 Å². The van der Waals surface area contributed by atoms with Crippen molar-refractivity contribution in [3.8, 4) is 0 Å². The Balaban J connectivity index is 2.25. The third-order valence-corrected chi connectivity index (χ3v) is 5.08. The highest BCUT2D eigenvalue weighted by Crippen LogP contribution is 2.39. The number of nitro benzene ring substituents is 1. The average molecular weight is 313 g/mol. The average Bonchev–Trinajstić information content (AvgIpc) is 3.17. The number of nitro groups is 1. The predicted octanol–water partition coefficient (Wildman–Crippen LogP) is 2.10. The molecule has 2 rings (SSSR count). The van der Waals surface area contributed by atoms with Gasteiger partial charge in [0.05, 0.1) is 9.82 Å². The summed E-state index contributed by atoms with van der Waals surface area (Å²) in [4.78, 5) is 10.5. The van der Waals surface area contributed by atoms with Crippen LogP contribution >= 0.6 is 0 Å². The summed E-state index contributed by atoms with van der Waals surface area (Å²) in [5.41, 5.74) is 0.159. The zero-order valence-corrected chi connectivity index (χ0v) is 12.8. The first kappa shape index (κ1) is 15.7. The summed E-state index contributed by atoms with van der Waals surface area (Å²) in [6.07, 6.45) is 3.18. The lowest BCUT2D eigenvalue weighted by molar-refractivity contribution is -0.384. The van der Waals surface area contributed by atoms with Crippen LogP contribution in [0.4, 0.5) is 11.4 Å². The van der Waals surface area contributed by atoms with Gasteiger partial charge in [-0.25, -0.2) is 13.1 Å². The summed E-state index contributed by atoms with van der Waals surface area (Å²) < 4.78 is 25.6. The molecule has 0 aromatic heterocycles. The van der Waals surface area contributed by atoms with Crippen LogP contribution in [0, 0.1) is 16.0 Å². The molecule has 0 spiro atoms. The Kier molecular flexibility index (Phi) is 4.48. The zero-order valence-electron chi connectivity index (χ0n) is 12.0. The van der Waals surface area contributed by atoms with Crippen molar-refractivity contribution in [1.29, 1.82) is 0 Å². The summed E-state index contributed by atoms with van der Waals surface area (Å²) in [6, 6.07) is 4.17. The Bertz CT molecular complexity index is 645. The third kappa shape index (κ3) is 3.51. The molecule has 0 radical (unpaired) electrons. The van der Waals surface area contributed by atoms with Crippen molar-refractivity contribution in [3.05, 3.63) is 28.3 Å². The molecule has 0 amide bonds. The highest BCUT2D eigenvalue weighted by atomic mass is 32.2. The van der Waals surface area contributed by atoms with Crippen molar-refractivity contribution < 1.29 is 13.3 Å². The van der Waals surface area contributed by atoms with E-state index in [0.29, 0.717) is 11.6 Å². The van der Waals surface area contributed by atoms with Crippen molar-refractivity contribution in [2.24, 2.45) is 5.92 Å². The standard InChI is InChI=1S/C13H19N3O4S/c1-3-4-9-7-12(9)15-11-6-5-10(21(19,20)14-2)8-13(11)16(17)18/h5-6,8-9,12,14-15H,3-4,7H2,1-2H3. The molecule has 0 bridgehead atoms. The molecule has 8 heteroatoms. The van der Waals surface area contributed by atoms with Crippen LogP contribution in [0.25, 0.3) is 0 Å². The number of hydrogen-bond acceptors (Lipinski definition) is 5. The quantitative estimate of drug-likeness (QED) is 0.593. The van der Waals surface area contributed by atoms with Gasteiger partial charge in [-0.1, -0.05) is 13.3 Å². The van der Waals surface area contributed by atoms with Crippen molar-refractivity contribution >= 4 is 21.4 Å². The number of rotatable bonds is 7. The summed E-state index contributed by atoms with van der Waals surface area (Å²) in [5, 5.41) is 14.3. The van der Waals surface area contributed by atoms with E-state index in [-0.39, 0.29) is 16.6 Å². The SMILES string of the molecule is CCCC1CC1Nc1ccc(S(=O)(=O)NC)cc1[N+](=O)[O-]. The minimum absolute atomic E-state index is 0.108. The minimum Gasteiger partial charge on any atom is -0.376 e. The van der Waals surface area contributed by atoms with Gasteiger partial charge >= 0.3 is 0 Å². The zero-order chi connectivity index (χ0) is 15.6. The van der Waals surface area contributed by atoms with Crippen LogP contribution in [0.3, 0.4) is 0 Å². The van der Waals surface area contributed by atoms with Gasteiger partial charge < -0.3 is 5.32 Å². The van der Waals surface area contributed by atoms with Crippen LogP contribution in [0.1, 0.15) is 26.2 Å². The second-order valence-electron chi connectivity index (χ2n) is 5.18. The van der Waals surface area contributed by atoms with Gasteiger partial charge in [-0.3, -0.25) is 10.1 Å². The van der Waals surface area contributed by atoms with E-state index in [1.807, 2.05) is 0 Å². The van der Waals surface area contributed by atoms with Gasteiger partial charge in [0, 0.05) is 12.1 Å². The molecule has 1 aromatic carbocycles. The first-order valence-electron chi connectivity index (χ1n) is 6.87. The lowest BCUT2D eigenvalue weighted by Crippen LogP contribution is -2.19. The van der Waals surface area contributed by atoms with Gasteiger partial charge in [0.15, 0.2) is 0 Å². The predicted molar refractivity (Wildman–Crippen MR) is 79.8 cm³/mol. The summed E-state index contributed by atoms with van der Waals surface area (Å²) >= 11 is 0. The van der Waals surface area contributed by atoms with Crippen molar-refractivity contribution in [2.75, 3.05) is 12.4 Å². The van der Waals surface area contributed by atoms with Gasteiger partial charge in [0.2, 0.25) is 10.0 Å². The first-order valence-corrected chi connectivity index (χ1v) is 8.36. The van der Waals surface area contributed by atoms with E-state index in [4.69, 9.17) is 0 Å². The highest BCUT2D eigenvalue weighted by Gasteiger charge is 2.37. The molecule has 1 aliphatic rings. The molecule has 1 aromatic rings. The highest BCUT2D eigenvalue weighted by molar-refractivity contribution is 7.89. The Morgan fingerprint density at radius 3 is 2.71 bits per heavy atom. The van der Waals surface area contributed by atoms with Crippen molar-refractivity contribution in [2.45, 2.75) is 37.1 Å². The second kappa shape index (κ2) is 5.98. The van der Waals surface area contributed by atoms with Crippen molar-refractivity contribution in [3.63, 3.8) is 0 Å².